The first-order valence-electron chi connectivity index (χ1n) is 12.2. The van der Waals surface area contributed by atoms with E-state index in [9.17, 15) is 0 Å². The molecular weight excluding hydrogens is 456 g/mol. The predicted molar refractivity (Wildman–Crippen MR) is 149 cm³/mol. The molecule has 1 unspecified atom stereocenters. The van der Waals surface area contributed by atoms with Gasteiger partial charge in [-0.1, -0.05) is 38.0 Å². The van der Waals surface area contributed by atoms with Crippen LogP contribution in [0.2, 0.25) is 0 Å². The van der Waals surface area contributed by atoms with Crippen molar-refractivity contribution < 1.29 is 0 Å². The third kappa shape index (κ3) is 3.55. The molecule has 0 aromatic heterocycles. The van der Waals surface area contributed by atoms with Crippen molar-refractivity contribution in [1.82, 2.24) is 9.62 Å². The third-order valence-electron chi connectivity index (χ3n) is 7.44. The van der Waals surface area contributed by atoms with E-state index in [1.165, 1.54) is 51.9 Å². The highest BCUT2D eigenvalue weighted by Crippen LogP contribution is 2.45. The summed E-state index contributed by atoms with van der Waals surface area (Å²) in [6, 6.07) is 2.45. The molecule has 0 bridgehead atoms. The van der Waals surface area contributed by atoms with Crippen molar-refractivity contribution in [1.29, 1.82) is 0 Å². The van der Waals surface area contributed by atoms with Gasteiger partial charge in [-0.25, -0.2) is 0 Å². The third-order valence-corrected chi connectivity index (χ3v) is 11.0. The molecule has 1 atom stereocenters. The fourth-order valence-corrected chi connectivity index (χ4v) is 9.33. The van der Waals surface area contributed by atoms with Crippen molar-refractivity contribution in [3.63, 3.8) is 0 Å². The second-order valence-corrected chi connectivity index (χ2v) is 12.8. The average Bonchev–Trinajstić information content (AvgIpc) is 3.52. The van der Waals surface area contributed by atoms with Gasteiger partial charge in [0.15, 0.2) is 0 Å². The summed E-state index contributed by atoms with van der Waals surface area (Å²) in [5.74, 6) is 0.650. The first kappa shape index (κ1) is 23.3. The first-order chi connectivity index (χ1) is 16.4. The van der Waals surface area contributed by atoms with Crippen LogP contribution < -0.4 is 10.2 Å². The number of benzene rings is 1. The Labute approximate surface area is 209 Å². The highest BCUT2D eigenvalue weighted by molar-refractivity contribution is 8.35. The van der Waals surface area contributed by atoms with E-state index in [1.54, 1.807) is 6.20 Å². The highest BCUT2D eigenvalue weighted by atomic mass is 32.8. The van der Waals surface area contributed by atoms with Crippen molar-refractivity contribution >= 4 is 25.4 Å². The maximum Gasteiger partial charge on any atom is 0.139 e. The van der Waals surface area contributed by atoms with Crippen LogP contribution in [0, 0.1) is 0 Å². The van der Waals surface area contributed by atoms with Crippen LogP contribution in [0.5, 0.6) is 0 Å². The van der Waals surface area contributed by atoms with Crippen LogP contribution in [0.1, 0.15) is 47.9 Å². The normalized spacial score (nSPS) is 22.8. The Morgan fingerprint density at radius 1 is 1.15 bits per heavy atom. The molecule has 0 amide bonds. The summed E-state index contributed by atoms with van der Waals surface area (Å²) >= 11 is 6.36. The minimum atomic E-state index is -2.18. The predicted octanol–water partition coefficient (Wildman–Crippen LogP) is 5.97. The molecule has 1 aromatic rings. The van der Waals surface area contributed by atoms with Crippen molar-refractivity contribution in [3.8, 4) is 0 Å². The average molecular weight is 491 g/mol. The molecule has 6 heteroatoms. The summed E-state index contributed by atoms with van der Waals surface area (Å²) in [7, 11) is -0.197. The monoisotopic (exact) mass is 490 g/mol. The molecule has 3 aliphatic carbocycles. The van der Waals surface area contributed by atoms with Crippen LogP contribution in [0.3, 0.4) is 0 Å². The quantitative estimate of drug-likeness (QED) is 0.510. The van der Waals surface area contributed by atoms with E-state index in [0.717, 1.165) is 55.7 Å². The number of hydrogen-bond acceptors (Lipinski definition) is 4. The second-order valence-electron chi connectivity index (χ2n) is 9.40. The van der Waals surface area contributed by atoms with E-state index in [0.29, 0.717) is 5.82 Å². The van der Waals surface area contributed by atoms with Gasteiger partial charge in [0.2, 0.25) is 0 Å². The van der Waals surface area contributed by atoms with Crippen molar-refractivity contribution in [2.45, 2.75) is 51.4 Å². The zero-order valence-electron chi connectivity index (χ0n) is 20.2. The summed E-state index contributed by atoms with van der Waals surface area (Å²) in [5, 5.41) is 3.28. The minimum absolute atomic E-state index is 0.650. The maximum absolute atomic E-state index is 6.36. The van der Waals surface area contributed by atoms with Crippen LogP contribution in [0.4, 0.5) is 5.69 Å². The zero-order valence-corrected chi connectivity index (χ0v) is 21.8. The second kappa shape index (κ2) is 8.99. The largest absolute Gasteiger partial charge is 0.316 e. The summed E-state index contributed by atoms with van der Waals surface area (Å²) in [6.07, 6.45) is 14.8. The molecule has 5 rings (SSSR count). The molecular formula is C28H34N4S2. The highest BCUT2D eigenvalue weighted by Gasteiger charge is 2.35. The van der Waals surface area contributed by atoms with Crippen molar-refractivity contribution in [2.24, 2.45) is 4.36 Å². The molecule has 1 N–H and O–H groups in total. The van der Waals surface area contributed by atoms with Gasteiger partial charge in [-0.3, -0.25) is 4.31 Å². The van der Waals surface area contributed by atoms with Crippen LogP contribution in [-0.2, 0) is 45.4 Å². The van der Waals surface area contributed by atoms with Gasteiger partial charge in [0.25, 0.3) is 0 Å². The molecule has 1 heterocycles. The van der Waals surface area contributed by atoms with Crippen LogP contribution in [0.25, 0.3) is 0 Å². The van der Waals surface area contributed by atoms with Gasteiger partial charge in [-0.15, -0.1) is 0 Å². The molecule has 4 nitrogen and oxygen atoms in total. The Kier molecular flexibility index (Phi) is 6.17. The molecule has 4 aliphatic rings. The molecule has 0 radical (unpaired) electrons. The van der Waals surface area contributed by atoms with E-state index in [4.69, 9.17) is 15.6 Å². The maximum atomic E-state index is 6.36. The Bertz CT molecular complexity index is 1270. The van der Waals surface area contributed by atoms with Gasteiger partial charge >= 0.3 is 0 Å². The summed E-state index contributed by atoms with van der Waals surface area (Å²) in [4.78, 5) is 3.22. The number of aryl methyl sites for hydroxylation is 2. The van der Waals surface area contributed by atoms with E-state index in [2.05, 4.69) is 48.7 Å². The first-order valence-corrected chi connectivity index (χ1v) is 14.6. The smallest absolute Gasteiger partial charge is 0.139 e. The molecule has 178 valence electrons. The molecule has 1 aromatic carbocycles. The lowest BCUT2D eigenvalue weighted by molar-refractivity contribution is 0.755. The van der Waals surface area contributed by atoms with Gasteiger partial charge in [0.05, 0.1) is 11.4 Å². The lowest BCUT2D eigenvalue weighted by Gasteiger charge is -2.28. The number of nitrogens with one attached hydrogen (secondary N) is 1. The molecule has 0 saturated heterocycles. The van der Waals surface area contributed by atoms with Gasteiger partial charge in [0, 0.05) is 32.4 Å². The van der Waals surface area contributed by atoms with Crippen LogP contribution >= 0.6 is 0 Å². The topological polar surface area (TPSA) is 30.9 Å². The minimum Gasteiger partial charge on any atom is -0.316 e. The van der Waals surface area contributed by atoms with Crippen molar-refractivity contribution in [3.05, 3.63) is 101 Å². The van der Waals surface area contributed by atoms with E-state index >= 15 is 0 Å². The Morgan fingerprint density at radius 3 is 2.41 bits per heavy atom. The standard InChI is InChI=1S/C28H34N4S2/c1-6-31(28-25-12-8-10-22(25)17-23-11-9-13-26(23)28)20(4)30-34(33)27-16-21(18-29-5)14-15-24(27)19(3)32(34)7-2/h6-7,16-17,29H,1-4,8-15,18H2,5H3. The van der Waals surface area contributed by atoms with Gasteiger partial charge < -0.3 is 10.2 Å². The number of likely N-dealkylation sites (N-methyl/N-ethyl adjacent to an activating group) is 1. The van der Waals surface area contributed by atoms with E-state index in [1.807, 2.05) is 17.6 Å². The number of allylic oxidation sites excluding steroid dienone is 2. The zero-order chi connectivity index (χ0) is 24.0. The van der Waals surface area contributed by atoms with E-state index in [-0.39, 0.29) is 0 Å². The van der Waals surface area contributed by atoms with Gasteiger partial charge in [-0.05, 0) is 104 Å². The number of nitrogens with zero attached hydrogens (tertiary/aromatic N) is 3. The van der Waals surface area contributed by atoms with Gasteiger partial charge in [0.1, 0.15) is 5.82 Å². The summed E-state index contributed by atoms with van der Waals surface area (Å²) in [6.45, 7) is 17.9. The van der Waals surface area contributed by atoms with Crippen LogP contribution in [0.15, 0.2) is 82.8 Å². The Hall–Kier alpha value is -2.41. The molecule has 0 fully saturated rings. The molecule has 0 spiro atoms. The lowest BCUT2D eigenvalue weighted by Crippen LogP contribution is -2.22. The lowest BCUT2D eigenvalue weighted by atomic mass is 9.96. The molecule has 34 heavy (non-hydrogen) atoms. The fourth-order valence-electron chi connectivity index (χ4n) is 5.93. The number of anilines is 1. The Balaban J connectivity index is 1.63. The Morgan fingerprint density at radius 2 is 1.82 bits per heavy atom. The summed E-state index contributed by atoms with van der Waals surface area (Å²) < 4.78 is 7.23. The number of hydrogen-bond donors (Lipinski definition) is 1. The fraction of sp³-hybridized carbons (Fsp3) is 0.357. The number of rotatable bonds is 7. The van der Waals surface area contributed by atoms with Crippen molar-refractivity contribution in [2.75, 3.05) is 18.5 Å². The van der Waals surface area contributed by atoms with Crippen LogP contribution in [-0.4, -0.2) is 17.9 Å². The van der Waals surface area contributed by atoms with E-state index < -0.39 is 8.57 Å². The van der Waals surface area contributed by atoms with Gasteiger partial charge in [-0.2, -0.15) is 4.36 Å². The molecule has 1 aliphatic heterocycles. The summed E-state index contributed by atoms with van der Waals surface area (Å²) in [5.41, 5.74) is 10.6. The molecule has 0 saturated carbocycles. The SMILES string of the molecule is C=CN(C(=C)N=S1(=S)C2=C(CCC(CNC)=C2)C(=C)N1C=C)c1c2c(cc3c1CCC3)CCC2. The number of fused-ring (bicyclic) bond motifs is 2.